The lowest BCUT2D eigenvalue weighted by Crippen LogP contribution is -2.60. The summed E-state index contributed by atoms with van der Waals surface area (Å²) in [6, 6.07) is 3.40. The van der Waals surface area contributed by atoms with Crippen LogP contribution in [0.15, 0.2) is 35.2 Å². The van der Waals surface area contributed by atoms with E-state index in [1.54, 1.807) is 18.2 Å². The van der Waals surface area contributed by atoms with E-state index in [9.17, 15) is 4.79 Å². The Kier molecular flexibility index (Phi) is 1.85. The van der Waals surface area contributed by atoms with Crippen LogP contribution in [0.5, 0.6) is 0 Å². The quantitative estimate of drug-likeness (QED) is 0.703. The number of methoxy groups -OCH3 is 1. The average Bonchev–Trinajstić information content (AvgIpc) is 2.90. The molecule has 0 N–H and O–H groups in total. The van der Waals surface area contributed by atoms with Gasteiger partial charge in [0.25, 0.3) is 0 Å². The molecule has 1 saturated heterocycles. The number of carbonyl (C=O) groups excluding carboxylic acids is 1. The first kappa shape index (κ1) is 9.47. The first-order valence-electron chi connectivity index (χ1n) is 4.91. The molecular weight excluding hydrogens is 212 g/mol. The van der Waals surface area contributed by atoms with Gasteiger partial charge in [-0.1, -0.05) is 0 Å². The third-order valence-electron chi connectivity index (χ3n) is 2.94. The van der Waals surface area contributed by atoms with Crippen LogP contribution in [0, 0.1) is 5.92 Å². The molecule has 3 rings (SSSR count). The molecule has 0 amide bonds. The number of rotatable bonds is 2. The molecule has 5 heteroatoms. The van der Waals surface area contributed by atoms with E-state index in [2.05, 4.69) is 0 Å². The van der Waals surface area contributed by atoms with Crippen molar-refractivity contribution in [3.05, 3.63) is 36.5 Å². The van der Waals surface area contributed by atoms with Gasteiger partial charge in [-0.2, -0.15) is 0 Å². The van der Waals surface area contributed by atoms with Gasteiger partial charge in [-0.25, -0.2) is 4.79 Å². The Bertz CT molecular complexity index is 435. The number of ether oxygens (including phenoxy) is 3. The Hall–Kier alpha value is -1.75. The summed E-state index contributed by atoms with van der Waals surface area (Å²) in [5, 5.41) is 0. The molecule has 1 fully saturated rings. The van der Waals surface area contributed by atoms with Crippen molar-refractivity contribution in [1.29, 1.82) is 0 Å². The average molecular weight is 222 g/mol. The number of fused-ring (bicyclic) bond motifs is 1. The van der Waals surface area contributed by atoms with Crippen LogP contribution >= 0.6 is 0 Å². The standard InChI is InChI=1S/C11H10O5/c1-13-10(12)11(8-3-2-5-14-8)7-4-6-15-9(7)16-11/h2-7,9H,1H3/t7-,9-,11+/m0/s1. The Morgan fingerprint density at radius 1 is 1.56 bits per heavy atom. The lowest BCUT2D eigenvalue weighted by atomic mass is 9.79. The Morgan fingerprint density at radius 3 is 3.06 bits per heavy atom. The third kappa shape index (κ3) is 0.957. The van der Waals surface area contributed by atoms with E-state index in [0.717, 1.165) is 0 Å². The molecule has 0 aliphatic carbocycles. The molecule has 3 heterocycles. The summed E-state index contributed by atoms with van der Waals surface area (Å²) < 4.78 is 20.7. The Balaban J connectivity index is 2.03. The highest BCUT2D eigenvalue weighted by Crippen LogP contribution is 2.51. The second-order valence-electron chi connectivity index (χ2n) is 3.68. The minimum Gasteiger partial charge on any atom is -0.472 e. The predicted octanol–water partition coefficient (Wildman–Crippen LogP) is 1.16. The molecule has 1 aromatic rings. The van der Waals surface area contributed by atoms with E-state index in [4.69, 9.17) is 18.6 Å². The molecule has 2 aliphatic heterocycles. The van der Waals surface area contributed by atoms with Gasteiger partial charge in [0, 0.05) is 0 Å². The molecule has 16 heavy (non-hydrogen) atoms. The molecule has 2 aliphatic rings. The van der Waals surface area contributed by atoms with E-state index >= 15 is 0 Å². The molecule has 1 aromatic heterocycles. The summed E-state index contributed by atoms with van der Waals surface area (Å²) in [4.78, 5) is 11.9. The second-order valence-corrected chi connectivity index (χ2v) is 3.68. The van der Waals surface area contributed by atoms with Gasteiger partial charge in [-0.05, 0) is 18.2 Å². The van der Waals surface area contributed by atoms with E-state index < -0.39 is 17.9 Å². The maximum absolute atomic E-state index is 11.9. The fourth-order valence-corrected chi connectivity index (χ4v) is 2.15. The summed E-state index contributed by atoms with van der Waals surface area (Å²) in [7, 11) is 1.32. The molecular formula is C11H10O5. The zero-order valence-electron chi connectivity index (χ0n) is 8.58. The second kappa shape index (κ2) is 3.12. The maximum atomic E-state index is 11.9. The molecule has 0 radical (unpaired) electrons. The molecule has 0 spiro atoms. The molecule has 0 bridgehead atoms. The highest BCUT2D eigenvalue weighted by atomic mass is 16.7. The van der Waals surface area contributed by atoms with Gasteiger partial charge in [0.2, 0.25) is 11.9 Å². The van der Waals surface area contributed by atoms with Crippen LogP contribution in [-0.4, -0.2) is 19.4 Å². The van der Waals surface area contributed by atoms with Crippen molar-refractivity contribution in [3.8, 4) is 0 Å². The zero-order chi connectivity index (χ0) is 11.2. The van der Waals surface area contributed by atoms with Crippen molar-refractivity contribution < 1.29 is 23.4 Å². The van der Waals surface area contributed by atoms with Gasteiger partial charge in [-0.3, -0.25) is 0 Å². The van der Waals surface area contributed by atoms with Crippen LogP contribution < -0.4 is 0 Å². The van der Waals surface area contributed by atoms with Crippen LogP contribution in [0.4, 0.5) is 0 Å². The van der Waals surface area contributed by atoms with Crippen LogP contribution in [0.25, 0.3) is 0 Å². The summed E-state index contributed by atoms with van der Waals surface area (Å²) in [5.74, 6) is -0.222. The number of hydrogen-bond donors (Lipinski definition) is 0. The minimum absolute atomic E-state index is 0.189. The Labute approximate surface area is 91.6 Å². The van der Waals surface area contributed by atoms with Crippen molar-refractivity contribution in [3.63, 3.8) is 0 Å². The van der Waals surface area contributed by atoms with Crippen molar-refractivity contribution in [2.45, 2.75) is 11.9 Å². The monoisotopic (exact) mass is 222 g/mol. The van der Waals surface area contributed by atoms with Crippen LogP contribution in [-0.2, 0) is 24.6 Å². The van der Waals surface area contributed by atoms with Gasteiger partial charge >= 0.3 is 5.97 Å². The van der Waals surface area contributed by atoms with E-state index in [-0.39, 0.29) is 5.92 Å². The summed E-state index contributed by atoms with van der Waals surface area (Å²) in [6.45, 7) is 0. The predicted molar refractivity (Wildman–Crippen MR) is 51.0 cm³/mol. The number of esters is 1. The number of hydrogen-bond acceptors (Lipinski definition) is 5. The highest BCUT2D eigenvalue weighted by Gasteiger charge is 2.66. The number of furan rings is 1. The van der Waals surface area contributed by atoms with Gasteiger partial charge in [0.05, 0.1) is 25.6 Å². The lowest BCUT2D eigenvalue weighted by molar-refractivity contribution is -0.319. The highest BCUT2D eigenvalue weighted by molar-refractivity contribution is 5.82. The molecule has 0 aromatic carbocycles. The first-order chi connectivity index (χ1) is 7.79. The van der Waals surface area contributed by atoms with Crippen LogP contribution in [0.2, 0.25) is 0 Å². The fraction of sp³-hybridized carbons (Fsp3) is 0.364. The van der Waals surface area contributed by atoms with Gasteiger partial charge in [-0.15, -0.1) is 0 Å². The lowest BCUT2D eigenvalue weighted by Gasteiger charge is -2.45. The summed E-state index contributed by atoms with van der Waals surface area (Å²) in [5.41, 5.74) is -1.18. The molecule has 5 nitrogen and oxygen atoms in total. The first-order valence-corrected chi connectivity index (χ1v) is 4.91. The van der Waals surface area contributed by atoms with Crippen LogP contribution in [0.1, 0.15) is 5.76 Å². The third-order valence-corrected chi connectivity index (χ3v) is 2.94. The molecule has 0 saturated carbocycles. The van der Waals surface area contributed by atoms with Gasteiger partial charge in [0.15, 0.2) is 0 Å². The van der Waals surface area contributed by atoms with Crippen molar-refractivity contribution >= 4 is 5.97 Å². The summed E-state index contributed by atoms with van der Waals surface area (Å²) in [6.07, 6.45) is 4.40. The summed E-state index contributed by atoms with van der Waals surface area (Å²) >= 11 is 0. The Morgan fingerprint density at radius 2 is 2.44 bits per heavy atom. The minimum atomic E-state index is -1.18. The zero-order valence-corrected chi connectivity index (χ0v) is 8.58. The fourth-order valence-electron chi connectivity index (χ4n) is 2.15. The van der Waals surface area contributed by atoms with E-state index in [1.807, 2.05) is 0 Å². The molecule has 3 atom stereocenters. The van der Waals surface area contributed by atoms with Crippen molar-refractivity contribution in [2.24, 2.45) is 5.92 Å². The van der Waals surface area contributed by atoms with Crippen molar-refractivity contribution in [2.75, 3.05) is 7.11 Å². The van der Waals surface area contributed by atoms with Gasteiger partial charge in [0.1, 0.15) is 5.76 Å². The number of carbonyl (C=O) groups is 1. The largest absolute Gasteiger partial charge is 0.472 e. The van der Waals surface area contributed by atoms with E-state index in [0.29, 0.717) is 5.76 Å². The maximum Gasteiger partial charge on any atom is 0.347 e. The molecule has 84 valence electrons. The molecule has 0 unspecified atom stereocenters. The van der Waals surface area contributed by atoms with Gasteiger partial charge < -0.3 is 18.6 Å². The van der Waals surface area contributed by atoms with Crippen LogP contribution in [0.3, 0.4) is 0 Å². The SMILES string of the molecule is COC(=O)[C@@]1(c2ccco2)O[C@@H]2OC=C[C@@H]21. The smallest absolute Gasteiger partial charge is 0.347 e. The normalized spacial score (nSPS) is 35.1. The topological polar surface area (TPSA) is 57.9 Å². The van der Waals surface area contributed by atoms with Crippen molar-refractivity contribution in [1.82, 2.24) is 0 Å². The van der Waals surface area contributed by atoms with E-state index in [1.165, 1.54) is 19.6 Å².